The van der Waals surface area contributed by atoms with Gasteiger partial charge in [-0.15, -0.1) is 10.8 Å². The van der Waals surface area contributed by atoms with Crippen LogP contribution in [0.3, 0.4) is 0 Å². The number of benzene rings is 2. The molecule has 196 valence electrons. The zero-order valence-electron chi connectivity index (χ0n) is 19.1. The summed E-state index contributed by atoms with van der Waals surface area (Å²) in [6.45, 7) is 2.19. The van der Waals surface area contributed by atoms with Crippen molar-refractivity contribution in [2.24, 2.45) is 0 Å². The molecule has 14 heteroatoms. The Hall–Kier alpha value is -2.26. The average molecular weight is 543 g/mol. The number of halogens is 4. The van der Waals surface area contributed by atoms with Crippen molar-refractivity contribution in [3.63, 3.8) is 0 Å². The molecule has 35 heavy (non-hydrogen) atoms. The highest BCUT2D eigenvalue weighted by Gasteiger charge is 2.49. The first-order valence-electron chi connectivity index (χ1n) is 10.5. The van der Waals surface area contributed by atoms with Gasteiger partial charge in [0.25, 0.3) is 0 Å². The Morgan fingerprint density at radius 3 is 2.31 bits per heavy atom. The van der Waals surface area contributed by atoms with E-state index in [0.717, 1.165) is 26.0 Å². The lowest BCUT2D eigenvalue weighted by Gasteiger charge is -2.43. The molecule has 0 radical (unpaired) electrons. The van der Waals surface area contributed by atoms with Crippen molar-refractivity contribution in [1.29, 1.82) is 0 Å². The van der Waals surface area contributed by atoms with Gasteiger partial charge in [0, 0.05) is 37.5 Å². The maximum Gasteiger partial charge on any atom is 0.534 e. The van der Waals surface area contributed by atoms with Crippen LogP contribution in [-0.4, -0.2) is 54.1 Å². The minimum absolute atomic E-state index is 0.135. The molecule has 0 aliphatic carbocycles. The number of unbranched alkanes of at least 4 members (excludes halogenated alkanes) is 1. The van der Waals surface area contributed by atoms with Crippen molar-refractivity contribution in [3.8, 4) is 11.5 Å². The fraction of sp³-hybridized carbons (Fsp3) is 0.429. The first-order valence-corrected chi connectivity index (χ1v) is 13.4. The Bertz CT molecular complexity index is 1160. The molecule has 0 fully saturated rings. The fourth-order valence-electron chi connectivity index (χ4n) is 3.72. The fourth-order valence-corrected chi connectivity index (χ4v) is 5.79. The summed E-state index contributed by atoms with van der Waals surface area (Å²) in [5, 5.41) is 0. The molecule has 1 aliphatic heterocycles. The van der Waals surface area contributed by atoms with Crippen LogP contribution in [0.1, 0.15) is 26.2 Å². The van der Waals surface area contributed by atoms with Gasteiger partial charge in [-0.2, -0.15) is 21.6 Å². The summed E-state index contributed by atoms with van der Waals surface area (Å²) in [5.74, 6) is -1.73. The van der Waals surface area contributed by atoms with Gasteiger partial charge in [-0.3, -0.25) is 9.11 Å². The maximum absolute atomic E-state index is 13.6. The Kier molecular flexibility index (Phi) is 7.82. The SMILES string of the molecule is CCCCC1CN(c2ccc(F)cc2)c2cc(OC)c(OS(=O)(=O)C(F)(F)F)cc2S(O)(O)N1C. The van der Waals surface area contributed by atoms with Crippen molar-refractivity contribution >= 4 is 32.3 Å². The van der Waals surface area contributed by atoms with Crippen LogP contribution >= 0.6 is 10.8 Å². The monoisotopic (exact) mass is 542 g/mol. The van der Waals surface area contributed by atoms with Crippen LogP contribution in [0.15, 0.2) is 41.3 Å². The van der Waals surface area contributed by atoms with Gasteiger partial charge in [0.1, 0.15) is 10.7 Å². The second-order valence-electron chi connectivity index (χ2n) is 7.90. The van der Waals surface area contributed by atoms with E-state index in [2.05, 4.69) is 4.18 Å². The average Bonchev–Trinajstić information content (AvgIpc) is 2.85. The highest BCUT2D eigenvalue weighted by Crippen LogP contribution is 2.60. The molecule has 2 aromatic carbocycles. The molecule has 0 saturated heterocycles. The molecular weight excluding hydrogens is 516 g/mol. The summed E-state index contributed by atoms with van der Waals surface area (Å²) < 4.78 is 109. The molecule has 1 aliphatic rings. The predicted octanol–water partition coefficient (Wildman–Crippen LogP) is 5.73. The van der Waals surface area contributed by atoms with Crippen LogP contribution in [0.2, 0.25) is 0 Å². The van der Waals surface area contributed by atoms with Crippen LogP contribution in [-0.2, 0) is 10.1 Å². The van der Waals surface area contributed by atoms with Gasteiger partial charge in [0.05, 0.1) is 12.8 Å². The number of anilines is 2. The van der Waals surface area contributed by atoms with Crippen LogP contribution in [0, 0.1) is 5.82 Å². The molecule has 1 unspecified atom stereocenters. The van der Waals surface area contributed by atoms with Crippen LogP contribution in [0.4, 0.5) is 28.9 Å². The number of hydrogen-bond donors (Lipinski definition) is 2. The van der Waals surface area contributed by atoms with E-state index in [9.17, 15) is 35.1 Å². The van der Waals surface area contributed by atoms with Gasteiger partial charge in [0.2, 0.25) is 0 Å². The van der Waals surface area contributed by atoms with E-state index in [1.807, 2.05) is 6.92 Å². The number of rotatable bonds is 7. The minimum atomic E-state index is -6.07. The number of fused-ring (bicyclic) bond motifs is 1. The third-order valence-corrected chi connectivity index (χ3v) is 8.64. The third-order valence-electron chi connectivity index (χ3n) is 5.65. The van der Waals surface area contributed by atoms with Gasteiger partial charge in [-0.05, 0) is 30.7 Å². The van der Waals surface area contributed by atoms with E-state index in [4.69, 9.17) is 4.74 Å². The zero-order chi connectivity index (χ0) is 26.2. The van der Waals surface area contributed by atoms with Crippen molar-refractivity contribution in [1.82, 2.24) is 4.31 Å². The summed E-state index contributed by atoms with van der Waals surface area (Å²) in [7, 11) is -7.32. The zero-order valence-corrected chi connectivity index (χ0v) is 20.8. The first-order chi connectivity index (χ1) is 16.2. The Morgan fingerprint density at radius 1 is 1.14 bits per heavy atom. The quantitative estimate of drug-likeness (QED) is 0.260. The van der Waals surface area contributed by atoms with E-state index in [-0.39, 0.29) is 22.9 Å². The molecule has 0 bridgehead atoms. The Balaban J connectivity index is 2.25. The summed E-state index contributed by atoms with van der Waals surface area (Å²) >= 11 is 0. The number of ether oxygens (including phenoxy) is 1. The standard InChI is InChI=1S/C21H26F4N2O6S2/c1-4-5-6-16-13-27(15-9-7-14(22)8-10-15)17-11-18(32-3)19(33-35(30,31)21(23,24)25)12-20(17)34(28,29)26(16)2/h7-12,16,28-29H,4-6,13H2,1-3H3. The Morgan fingerprint density at radius 2 is 1.77 bits per heavy atom. The smallest absolute Gasteiger partial charge is 0.493 e. The lowest BCUT2D eigenvalue weighted by atomic mass is 10.1. The Labute approximate surface area is 202 Å². The number of methoxy groups -OCH3 is 1. The first kappa shape index (κ1) is 27.3. The molecule has 1 atom stereocenters. The molecule has 0 spiro atoms. The molecule has 3 rings (SSSR count). The van der Waals surface area contributed by atoms with Crippen LogP contribution in [0.5, 0.6) is 11.5 Å². The largest absolute Gasteiger partial charge is 0.534 e. The molecule has 0 aromatic heterocycles. The van der Waals surface area contributed by atoms with Crippen molar-refractivity contribution in [2.75, 3.05) is 25.6 Å². The number of likely N-dealkylation sites (N-methyl/N-ethyl adjacent to an activating group) is 1. The molecule has 0 amide bonds. The number of hydrogen-bond acceptors (Lipinski definition) is 8. The van der Waals surface area contributed by atoms with E-state index in [1.54, 1.807) is 4.90 Å². The van der Waals surface area contributed by atoms with Crippen LogP contribution < -0.4 is 13.8 Å². The molecule has 0 saturated carbocycles. The highest BCUT2D eigenvalue weighted by atomic mass is 32.3. The van der Waals surface area contributed by atoms with Crippen molar-refractivity contribution in [2.45, 2.75) is 42.6 Å². The van der Waals surface area contributed by atoms with Crippen molar-refractivity contribution < 1.29 is 44.0 Å². The van der Waals surface area contributed by atoms with Gasteiger partial charge in [-0.25, -0.2) is 8.70 Å². The number of alkyl halides is 3. The summed E-state index contributed by atoms with van der Waals surface area (Å²) in [5.41, 5.74) is -5.11. The summed E-state index contributed by atoms with van der Waals surface area (Å²) in [6, 6.07) is 6.94. The summed E-state index contributed by atoms with van der Waals surface area (Å²) in [6.07, 6.45) is 2.13. The lowest BCUT2D eigenvalue weighted by molar-refractivity contribution is -0.0500. The van der Waals surface area contributed by atoms with Gasteiger partial charge < -0.3 is 13.8 Å². The molecule has 8 nitrogen and oxygen atoms in total. The molecular formula is C21H26F4N2O6S2. The predicted molar refractivity (Wildman–Crippen MR) is 124 cm³/mol. The van der Waals surface area contributed by atoms with Gasteiger partial charge in [0.15, 0.2) is 11.5 Å². The second-order valence-corrected chi connectivity index (χ2v) is 11.5. The molecule has 2 N–H and O–H groups in total. The van der Waals surface area contributed by atoms with E-state index >= 15 is 0 Å². The second kappa shape index (κ2) is 10.0. The summed E-state index contributed by atoms with van der Waals surface area (Å²) in [4.78, 5) is 1.38. The molecule has 1 heterocycles. The van der Waals surface area contributed by atoms with Crippen molar-refractivity contribution in [3.05, 3.63) is 42.2 Å². The lowest BCUT2D eigenvalue weighted by Crippen LogP contribution is -2.39. The number of nitrogens with zero attached hydrogens (tertiary/aromatic N) is 2. The topological polar surface area (TPSA) is 99.5 Å². The minimum Gasteiger partial charge on any atom is -0.493 e. The van der Waals surface area contributed by atoms with Gasteiger partial charge >= 0.3 is 15.6 Å². The normalized spacial score (nSPS) is 19.6. The van der Waals surface area contributed by atoms with Gasteiger partial charge in [-0.1, -0.05) is 19.8 Å². The van der Waals surface area contributed by atoms with E-state index in [1.165, 1.54) is 41.7 Å². The highest BCUT2D eigenvalue weighted by molar-refractivity contribution is 8.22. The van der Waals surface area contributed by atoms with Crippen LogP contribution in [0.25, 0.3) is 0 Å². The maximum atomic E-state index is 13.6. The van der Waals surface area contributed by atoms with E-state index < -0.39 is 44.0 Å². The van der Waals surface area contributed by atoms with E-state index in [0.29, 0.717) is 12.1 Å². The molecule has 2 aromatic rings. The third kappa shape index (κ3) is 5.45.